The highest BCUT2D eigenvalue weighted by Gasteiger charge is 1.90. The average molecular weight is 361 g/mol. The summed E-state index contributed by atoms with van der Waals surface area (Å²) in [5, 5.41) is 0. The molecule has 21 heavy (non-hydrogen) atoms. The van der Waals surface area contributed by atoms with E-state index < -0.39 is 0 Å². The van der Waals surface area contributed by atoms with Gasteiger partial charge in [-0.05, 0) is 44.9 Å². The fourth-order valence-corrected chi connectivity index (χ4v) is 1.19. The number of hydrogen-bond acceptors (Lipinski definition) is 1. The number of rotatable bonds is 1. The van der Waals surface area contributed by atoms with Crippen LogP contribution in [0.1, 0.15) is 79.4 Å². The van der Waals surface area contributed by atoms with Crippen LogP contribution in [-0.4, -0.2) is 5.78 Å². The topological polar surface area (TPSA) is 17.1 Å². The van der Waals surface area contributed by atoms with Crippen molar-refractivity contribution in [2.45, 2.75) is 82.1 Å². The molecular formula is C19H37BrO. The number of carbonyl (C=O) groups is 1. The first kappa shape index (κ1) is 28.5. The highest BCUT2D eigenvalue weighted by Crippen LogP contribution is 2.16. The van der Waals surface area contributed by atoms with Crippen LogP contribution in [0.5, 0.6) is 0 Å². The Morgan fingerprint density at radius 1 is 0.952 bits per heavy atom. The molecule has 0 bridgehead atoms. The van der Waals surface area contributed by atoms with Crippen molar-refractivity contribution >= 4 is 21.7 Å². The van der Waals surface area contributed by atoms with Crippen molar-refractivity contribution in [3.05, 3.63) is 33.8 Å². The van der Waals surface area contributed by atoms with Crippen molar-refractivity contribution in [2.75, 3.05) is 0 Å². The number of hydrogen-bond donors (Lipinski definition) is 0. The highest BCUT2D eigenvalue weighted by molar-refractivity contribution is 9.10. The van der Waals surface area contributed by atoms with Crippen LogP contribution in [0.2, 0.25) is 0 Å². The molecule has 126 valence electrons. The summed E-state index contributed by atoms with van der Waals surface area (Å²) in [6.07, 6.45) is 2.64. The van der Waals surface area contributed by atoms with Gasteiger partial charge in [-0.25, -0.2) is 0 Å². The second-order valence-corrected chi connectivity index (χ2v) is 5.02. The summed E-state index contributed by atoms with van der Waals surface area (Å²) in [6.45, 7) is 19.6. The van der Waals surface area contributed by atoms with Crippen molar-refractivity contribution in [3.63, 3.8) is 0 Å². The van der Waals surface area contributed by atoms with E-state index in [4.69, 9.17) is 0 Å². The lowest BCUT2D eigenvalue weighted by Crippen LogP contribution is -1.75. The van der Waals surface area contributed by atoms with Gasteiger partial charge in [0, 0.05) is 4.47 Å². The third-order valence-electron chi connectivity index (χ3n) is 1.83. The van der Waals surface area contributed by atoms with Crippen molar-refractivity contribution < 1.29 is 4.79 Å². The Bertz CT molecular complexity index is 313. The number of ketones is 1. The first-order valence-corrected chi connectivity index (χ1v) is 8.84. The zero-order valence-electron chi connectivity index (χ0n) is 15.9. The second-order valence-electron chi connectivity index (χ2n) is 4.16. The molecule has 0 amide bonds. The first-order valence-electron chi connectivity index (χ1n) is 8.05. The molecule has 0 aromatic heterocycles. The Kier molecular flexibility index (Phi) is 33.1. The van der Waals surface area contributed by atoms with Crippen LogP contribution in [0.15, 0.2) is 22.7 Å². The van der Waals surface area contributed by atoms with E-state index in [1.54, 1.807) is 0 Å². The van der Waals surface area contributed by atoms with Gasteiger partial charge in [0.1, 0.15) is 5.78 Å². The van der Waals surface area contributed by atoms with Crippen LogP contribution < -0.4 is 0 Å². The van der Waals surface area contributed by atoms with Crippen molar-refractivity contribution in [1.29, 1.82) is 0 Å². The smallest absolute Gasteiger partial charge is 0.126 e. The molecule has 0 saturated heterocycles. The lowest BCUT2D eigenvalue weighted by atomic mass is 10.2. The fraction of sp³-hybridized carbons (Fsp3) is 0.632. The van der Waals surface area contributed by atoms with Gasteiger partial charge in [0.25, 0.3) is 0 Å². The van der Waals surface area contributed by atoms with E-state index in [1.807, 2.05) is 27.7 Å². The third kappa shape index (κ3) is 32.7. The second kappa shape index (κ2) is 24.4. The zero-order chi connectivity index (χ0) is 17.8. The van der Waals surface area contributed by atoms with Crippen LogP contribution in [0.4, 0.5) is 0 Å². The summed E-state index contributed by atoms with van der Waals surface area (Å²) in [7, 11) is 0. The number of carbonyl (C=O) groups excluding carboxylic acids is 1. The molecule has 0 aliphatic rings. The number of benzene rings is 1. The third-order valence-corrected chi connectivity index (χ3v) is 2.68. The quantitative estimate of drug-likeness (QED) is 0.505. The molecule has 0 aliphatic carbocycles. The lowest BCUT2D eigenvalue weighted by molar-refractivity contribution is -0.114. The molecule has 1 aromatic carbocycles. The van der Waals surface area contributed by atoms with Gasteiger partial charge in [0.05, 0.1) is 0 Å². The maximum Gasteiger partial charge on any atom is 0.126 e. The molecular weight excluding hydrogens is 324 g/mol. The molecule has 0 saturated carbocycles. The van der Waals surface area contributed by atoms with Gasteiger partial charge in [0.15, 0.2) is 0 Å². The molecule has 0 N–H and O–H groups in total. The Morgan fingerprint density at radius 2 is 1.29 bits per heavy atom. The minimum atomic E-state index is 0.167. The number of aryl methyl sites for hydroxylation is 2. The maximum absolute atomic E-state index is 9.44. The number of Topliss-reactive ketones (excluding diaryl/α,β-unsaturated/α-hetero) is 1. The van der Waals surface area contributed by atoms with E-state index in [0.29, 0.717) is 0 Å². The normalized spacial score (nSPS) is 7.38. The van der Waals surface area contributed by atoms with Gasteiger partial charge in [-0.1, -0.05) is 82.4 Å². The Labute approximate surface area is 142 Å². The molecule has 0 atom stereocenters. The van der Waals surface area contributed by atoms with Crippen molar-refractivity contribution in [2.24, 2.45) is 0 Å². The van der Waals surface area contributed by atoms with E-state index in [2.05, 4.69) is 61.8 Å². The SMILES string of the molecule is CC.CC.CC(C)=O.CCCC.Cc1ccc(C)c(Br)c1. The zero-order valence-corrected chi connectivity index (χ0v) is 17.5. The predicted octanol–water partition coefficient (Wildman–Crippen LogP) is 7.52. The molecule has 0 fully saturated rings. The van der Waals surface area contributed by atoms with E-state index in [-0.39, 0.29) is 5.78 Å². The standard InChI is InChI=1S/C8H9Br.C4H10.C3H6O.2C2H6/c1-6-3-4-7(2)8(9)5-6;1-3-4-2;1-3(2)4;2*1-2/h3-5H,1-2H3;3-4H2,1-2H3;1-2H3;2*1-2H3. The molecule has 1 rings (SSSR count). The van der Waals surface area contributed by atoms with Crippen molar-refractivity contribution in [1.82, 2.24) is 0 Å². The Balaban J connectivity index is -0.000000103. The number of halogens is 1. The average Bonchev–Trinajstić information content (AvgIpc) is 2.47. The van der Waals surface area contributed by atoms with Gasteiger partial charge < -0.3 is 4.79 Å². The Morgan fingerprint density at radius 3 is 1.48 bits per heavy atom. The lowest BCUT2D eigenvalue weighted by Gasteiger charge is -1.96. The van der Waals surface area contributed by atoms with E-state index >= 15 is 0 Å². The highest BCUT2D eigenvalue weighted by atomic mass is 79.9. The van der Waals surface area contributed by atoms with Crippen LogP contribution in [-0.2, 0) is 4.79 Å². The maximum atomic E-state index is 9.44. The predicted molar refractivity (Wildman–Crippen MR) is 103 cm³/mol. The minimum Gasteiger partial charge on any atom is -0.300 e. The largest absolute Gasteiger partial charge is 0.300 e. The van der Waals surface area contributed by atoms with Gasteiger partial charge in [-0.15, -0.1) is 0 Å². The molecule has 0 radical (unpaired) electrons. The van der Waals surface area contributed by atoms with Gasteiger partial charge >= 0.3 is 0 Å². The Hall–Kier alpha value is -0.630. The molecule has 0 spiro atoms. The van der Waals surface area contributed by atoms with E-state index in [0.717, 1.165) is 0 Å². The van der Waals surface area contributed by atoms with Crippen LogP contribution >= 0.6 is 15.9 Å². The summed E-state index contributed by atoms with van der Waals surface area (Å²) in [5.41, 5.74) is 2.59. The van der Waals surface area contributed by atoms with E-state index in [9.17, 15) is 4.79 Å². The molecule has 0 heterocycles. The molecule has 0 unspecified atom stereocenters. The van der Waals surface area contributed by atoms with E-state index in [1.165, 1.54) is 42.3 Å². The van der Waals surface area contributed by atoms with Gasteiger partial charge in [-0.2, -0.15) is 0 Å². The molecule has 0 aliphatic heterocycles. The van der Waals surface area contributed by atoms with Crippen LogP contribution in [0.3, 0.4) is 0 Å². The molecule has 1 aromatic rings. The number of unbranched alkanes of at least 4 members (excludes halogenated alkanes) is 1. The fourth-order valence-electron chi connectivity index (χ4n) is 0.698. The summed E-state index contributed by atoms with van der Waals surface area (Å²) in [5.74, 6) is 0.167. The minimum absolute atomic E-state index is 0.167. The van der Waals surface area contributed by atoms with Gasteiger partial charge in [-0.3, -0.25) is 0 Å². The monoisotopic (exact) mass is 360 g/mol. The summed E-state index contributed by atoms with van der Waals surface area (Å²) >= 11 is 3.45. The first-order chi connectivity index (χ1) is 9.84. The van der Waals surface area contributed by atoms with Crippen LogP contribution in [0.25, 0.3) is 0 Å². The summed E-state index contributed by atoms with van der Waals surface area (Å²) in [4.78, 5) is 9.44. The summed E-state index contributed by atoms with van der Waals surface area (Å²) < 4.78 is 1.20. The molecule has 2 heteroatoms. The van der Waals surface area contributed by atoms with Crippen LogP contribution in [0, 0.1) is 13.8 Å². The van der Waals surface area contributed by atoms with Gasteiger partial charge in [0.2, 0.25) is 0 Å². The summed E-state index contributed by atoms with van der Waals surface area (Å²) in [6, 6.07) is 6.34. The van der Waals surface area contributed by atoms with Crippen molar-refractivity contribution in [3.8, 4) is 0 Å². The molecule has 1 nitrogen and oxygen atoms in total.